The molecule has 1 aromatic carbocycles. The highest BCUT2D eigenvalue weighted by molar-refractivity contribution is 6.00. The van der Waals surface area contributed by atoms with Gasteiger partial charge < -0.3 is 20.5 Å². The first-order valence-electron chi connectivity index (χ1n) is 5.26. The van der Waals surface area contributed by atoms with Crippen molar-refractivity contribution in [3.63, 3.8) is 0 Å². The van der Waals surface area contributed by atoms with Gasteiger partial charge >= 0.3 is 18.2 Å². The topological polar surface area (TPSA) is 87.7 Å². The van der Waals surface area contributed by atoms with Crippen molar-refractivity contribution in [2.75, 3.05) is 19.0 Å². The molecular weight excluding hydrogens is 281 g/mol. The molecular formula is C11H11F3N2O4. The van der Waals surface area contributed by atoms with E-state index in [-0.39, 0.29) is 17.0 Å². The number of benzene rings is 1. The SMILES string of the molecule is COc1ccc(C(=O)O)c(NC(=O)NCC(F)(F)F)c1. The molecule has 0 spiro atoms. The first-order chi connectivity index (χ1) is 9.23. The predicted molar refractivity (Wildman–Crippen MR) is 63.0 cm³/mol. The van der Waals surface area contributed by atoms with E-state index in [4.69, 9.17) is 9.84 Å². The van der Waals surface area contributed by atoms with Crippen LogP contribution in [0, 0.1) is 0 Å². The highest BCUT2D eigenvalue weighted by Gasteiger charge is 2.27. The second-order valence-electron chi connectivity index (χ2n) is 3.64. The van der Waals surface area contributed by atoms with Crippen LogP contribution in [0.3, 0.4) is 0 Å². The molecule has 3 N–H and O–H groups in total. The minimum Gasteiger partial charge on any atom is -0.497 e. The average molecular weight is 292 g/mol. The molecule has 0 radical (unpaired) electrons. The fourth-order valence-electron chi connectivity index (χ4n) is 1.29. The maximum atomic E-state index is 11.9. The van der Waals surface area contributed by atoms with E-state index in [1.54, 1.807) is 5.32 Å². The molecule has 0 aliphatic carbocycles. The van der Waals surface area contributed by atoms with Crippen molar-refractivity contribution in [1.82, 2.24) is 5.32 Å². The number of carbonyl (C=O) groups excluding carboxylic acids is 1. The second kappa shape index (κ2) is 6.13. The number of urea groups is 1. The number of ether oxygens (including phenoxy) is 1. The van der Waals surface area contributed by atoms with Gasteiger partial charge in [-0.25, -0.2) is 9.59 Å². The average Bonchev–Trinajstić information content (AvgIpc) is 2.35. The van der Waals surface area contributed by atoms with Gasteiger partial charge in [0.25, 0.3) is 0 Å². The molecule has 0 saturated heterocycles. The molecule has 6 nitrogen and oxygen atoms in total. The molecule has 0 heterocycles. The zero-order valence-corrected chi connectivity index (χ0v) is 10.2. The maximum absolute atomic E-state index is 11.9. The third-order valence-electron chi connectivity index (χ3n) is 2.15. The molecule has 0 fully saturated rings. The molecule has 1 rings (SSSR count). The Morgan fingerprint density at radius 2 is 2.00 bits per heavy atom. The summed E-state index contributed by atoms with van der Waals surface area (Å²) in [6.07, 6.45) is -4.55. The van der Waals surface area contributed by atoms with Gasteiger partial charge in [0.1, 0.15) is 12.3 Å². The number of rotatable bonds is 4. The highest BCUT2D eigenvalue weighted by atomic mass is 19.4. The molecule has 110 valence electrons. The number of halogens is 3. The van der Waals surface area contributed by atoms with Crippen LogP contribution in [0.25, 0.3) is 0 Å². The zero-order valence-electron chi connectivity index (χ0n) is 10.2. The second-order valence-corrected chi connectivity index (χ2v) is 3.64. The van der Waals surface area contributed by atoms with E-state index < -0.39 is 24.7 Å². The Kier molecular flexibility index (Phi) is 4.78. The van der Waals surface area contributed by atoms with Crippen molar-refractivity contribution >= 4 is 17.7 Å². The lowest BCUT2D eigenvalue weighted by molar-refractivity contribution is -0.122. The van der Waals surface area contributed by atoms with Gasteiger partial charge in [-0.15, -0.1) is 0 Å². The fraction of sp³-hybridized carbons (Fsp3) is 0.273. The summed E-state index contributed by atoms with van der Waals surface area (Å²) in [7, 11) is 1.32. The number of carboxylic acid groups (broad SMARTS) is 1. The monoisotopic (exact) mass is 292 g/mol. The minimum atomic E-state index is -4.55. The lowest BCUT2D eigenvalue weighted by Crippen LogP contribution is -2.36. The van der Waals surface area contributed by atoms with E-state index in [0.717, 1.165) is 0 Å². The van der Waals surface area contributed by atoms with Crippen molar-refractivity contribution in [1.29, 1.82) is 0 Å². The summed E-state index contributed by atoms with van der Waals surface area (Å²) in [5.74, 6) is -1.08. The number of aromatic carboxylic acids is 1. The summed E-state index contributed by atoms with van der Waals surface area (Å²) in [6.45, 7) is -1.52. The van der Waals surface area contributed by atoms with Gasteiger partial charge in [0.05, 0.1) is 18.4 Å². The number of hydrogen-bond acceptors (Lipinski definition) is 3. The van der Waals surface area contributed by atoms with Crippen LogP contribution in [-0.2, 0) is 0 Å². The Morgan fingerprint density at radius 3 is 2.50 bits per heavy atom. The number of anilines is 1. The molecule has 0 bridgehead atoms. The normalized spacial score (nSPS) is 10.8. The van der Waals surface area contributed by atoms with Crippen molar-refractivity contribution in [2.24, 2.45) is 0 Å². The van der Waals surface area contributed by atoms with E-state index >= 15 is 0 Å². The van der Waals surface area contributed by atoms with Crippen LogP contribution < -0.4 is 15.4 Å². The van der Waals surface area contributed by atoms with E-state index in [0.29, 0.717) is 0 Å². The molecule has 9 heteroatoms. The molecule has 1 aromatic rings. The van der Waals surface area contributed by atoms with Crippen LogP contribution in [0.15, 0.2) is 18.2 Å². The smallest absolute Gasteiger partial charge is 0.405 e. The summed E-state index contributed by atoms with van der Waals surface area (Å²) in [5.41, 5.74) is -0.440. The number of hydrogen-bond donors (Lipinski definition) is 3. The number of amides is 2. The molecule has 0 aliphatic rings. The number of nitrogens with one attached hydrogen (secondary N) is 2. The third kappa shape index (κ3) is 4.67. The number of alkyl halides is 3. The van der Waals surface area contributed by atoms with Crippen LogP contribution in [-0.4, -0.2) is 36.9 Å². The van der Waals surface area contributed by atoms with E-state index in [9.17, 15) is 22.8 Å². The molecule has 0 aliphatic heterocycles. The van der Waals surface area contributed by atoms with Crippen molar-refractivity contribution in [3.8, 4) is 5.75 Å². The third-order valence-corrected chi connectivity index (χ3v) is 2.15. The number of methoxy groups -OCH3 is 1. The number of carboxylic acids is 1. The zero-order chi connectivity index (χ0) is 15.3. The van der Waals surface area contributed by atoms with Crippen LogP contribution in [0.5, 0.6) is 5.75 Å². The van der Waals surface area contributed by atoms with Crippen LogP contribution in [0.1, 0.15) is 10.4 Å². The van der Waals surface area contributed by atoms with Crippen LogP contribution in [0.4, 0.5) is 23.7 Å². The van der Waals surface area contributed by atoms with Gasteiger partial charge in [-0.3, -0.25) is 0 Å². The Morgan fingerprint density at radius 1 is 1.35 bits per heavy atom. The van der Waals surface area contributed by atoms with Crippen LogP contribution >= 0.6 is 0 Å². The lowest BCUT2D eigenvalue weighted by Gasteiger charge is -2.12. The minimum absolute atomic E-state index is 0.170. The summed E-state index contributed by atoms with van der Waals surface area (Å²) >= 11 is 0. The summed E-state index contributed by atoms with van der Waals surface area (Å²) < 4.78 is 40.6. The standard InChI is InChI=1S/C11H11F3N2O4/c1-20-6-2-3-7(9(17)18)8(4-6)16-10(19)15-5-11(12,13)14/h2-4H,5H2,1H3,(H,17,18)(H2,15,16,19). The Balaban J connectivity index is 2.84. The van der Waals surface area contributed by atoms with Gasteiger partial charge in [0.2, 0.25) is 0 Å². The first-order valence-corrected chi connectivity index (χ1v) is 5.26. The van der Waals surface area contributed by atoms with E-state index in [1.165, 1.54) is 25.3 Å². The van der Waals surface area contributed by atoms with Gasteiger partial charge in [0.15, 0.2) is 0 Å². The molecule has 0 aromatic heterocycles. The van der Waals surface area contributed by atoms with Gasteiger partial charge in [-0.05, 0) is 12.1 Å². The molecule has 0 saturated carbocycles. The van der Waals surface area contributed by atoms with Crippen molar-refractivity contribution in [2.45, 2.75) is 6.18 Å². The largest absolute Gasteiger partial charge is 0.497 e. The quantitative estimate of drug-likeness (QED) is 0.792. The number of carbonyl (C=O) groups is 2. The van der Waals surface area contributed by atoms with Gasteiger partial charge in [-0.1, -0.05) is 0 Å². The predicted octanol–water partition coefficient (Wildman–Crippen LogP) is 2.08. The Labute approximate surface area is 111 Å². The van der Waals surface area contributed by atoms with Crippen LogP contribution in [0.2, 0.25) is 0 Å². The first kappa shape index (κ1) is 15.6. The molecule has 2 amide bonds. The molecule has 0 atom stereocenters. The molecule has 0 unspecified atom stereocenters. The van der Waals surface area contributed by atoms with E-state index in [1.807, 2.05) is 5.32 Å². The Hall–Kier alpha value is -2.45. The lowest BCUT2D eigenvalue weighted by atomic mass is 10.1. The van der Waals surface area contributed by atoms with Gasteiger partial charge in [0, 0.05) is 6.07 Å². The van der Waals surface area contributed by atoms with E-state index in [2.05, 4.69) is 0 Å². The van der Waals surface area contributed by atoms with Gasteiger partial charge in [-0.2, -0.15) is 13.2 Å². The maximum Gasteiger partial charge on any atom is 0.405 e. The fourth-order valence-corrected chi connectivity index (χ4v) is 1.29. The summed E-state index contributed by atoms with van der Waals surface area (Å²) in [4.78, 5) is 22.2. The Bertz CT molecular complexity index is 517. The van der Waals surface area contributed by atoms with Crippen molar-refractivity contribution in [3.05, 3.63) is 23.8 Å². The summed E-state index contributed by atoms with van der Waals surface area (Å²) in [6, 6.07) is 2.54. The molecule has 20 heavy (non-hydrogen) atoms. The van der Waals surface area contributed by atoms with Crippen molar-refractivity contribution < 1.29 is 32.6 Å². The summed E-state index contributed by atoms with van der Waals surface area (Å²) in [5, 5.41) is 12.5. The highest BCUT2D eigenvalue weighted by Crippen LogP contribution is 2.22.